The molecule has 0 N–H and O–H groups in total. The molecule has 2 aromatic carbocycles. The second-order valence-corrected chi connectivity index (χ2v) is 16.4. The number of amides is 2. The molecule has 3 aliphatic heterocycles. The van der Waals surface area contributed by atoms with Gasteiger partial charge in [0.05, 0.1) is 34.2 Å². The van der Waals surface area contributed by atoms with Crippen LogP contribution in [0.15, 0.2) is 51.5 Å². The van der Waals surface area contributed by atoms with Crippen LogP contribution >= 0.6 is 34.7 Å². The molecular weight excluding hydrogens is 711 g/mol. The topological polar surface area (TPSA) is 88.0 Å². The Morgan fingerprint density at radius 1 is 1.04 bits per heavy atom. The summed E-state index contributed by atoms with van der Waals surface area (Å²) in [6, 6.07) is 8.57. The summed E-state index contributed by atoms with van der Waals surface area (Å²) >= 11 is 8.56. The minimum Gasteiger partial charge on any atom is -0.444 e. The van der Waals surface area contributed by atoms with Gasteiger partial charge in [-0.25, -0.2) is 9.59 Å². The van der Waals surface area contributed by atoms with Gasteiger partial charge >= 0.3 is 18.0 Å². The van der Waals surface area contributed by atoms with Crippen LogP contribution in [0.1, 0.15) is 56.1 Å². The number of anilines is 1. The molecule has 264 valence electrons. The fourth-order valence-electron chi connectivity index (χ4n) is 7.23. The van der Waals surface area contributed by atoms with Crippen molar-refractivity contribution in [3.05, 3.63) is 74.0 Å². The van der Waals surface area contributed by atoms with Crippen molar-refractivity contribution in [2.24, 2.45) is 0 Å². The van der Waals surface area contributed by atoms with Gasteiger partial charge in [-0.2, -0.15) is 18.2 Å². The molecule has 1 saturated heterocycles. The number of hydrogen-bond donors (Lipinski definition) is 0. The van der Waals surface area contributed by atoms with Crippen LogP contribution in [-0.2, 0) is 24.0 Å². The van der Waals surface area contributed by atoms with Crippen molar-refractivity contribution in [1.29, 1.82) is 0 Å². The smallest absolute Gasteiger partial charge is 0.417 e. The van der Waals surface area contributed by atoms with E-state index in [0.29, 0.717) is 27.5 Å². The van der Waals surface area contributed by atoms with Crippen LogP contribution < -0.4 is 10.6 Å². The van der Waals surface area contributed by atoms with Gasteiger partial charge in [0.2, 0.25) is 0 Å². The highest BCUT2D eigenvalue weighted by Crippen LogP contribution is 2.50. The van der Waals surface area contributed by atoms with Gasteiger partial charge in [0.15, 0.2) is 0 Å². The second-order valence-electron chi connectivity index (χ2n) is 14.0. The minimum absolute atomic E-state index is 0.0506. The molecule has 2 amide bonds. The van der Waals surface area contributed by atoms with Crippen molar-refractivity contribution in [1.82, 2.24) is 19.4 Å². The largest absolute Gasteiger partial charge is 0.444 e. The van der Waals surface area contributed by atoms with Gasteiger partial charge in [-0.05, 0) is 58.4 Å². The van der Waals surface area contributed by atoms with Crippen molar-refractivity contribution >= 4 is 63.4 Å². The first-order chi connectivity index (χ1) is 23.5. The number of thiophene rings is 1. The standard InChI is InChI=1S/C35H35ClF3N5O4S2/c1-18-12-41(13-19(2)44(18)33(47)48-34(3,4)5)30-24-11-25(35(37,38)39)27(26-10-21(36)16-49-26)29-28(24)43(32(46)40-30)15-22(17-50-29)42-14-20-8-6-7-9-23(20)31(42)45/h6-11,16,18-19,22H,12-15,17H2,1-5H3/t18-,19+,22-/m0/s1. The quantitative estimate of drug-likeness (QED) is 0.212. The number of piperazine rings is 1. The summed E-state index contributed by atoms with van der Waals surface area (Å²) in [6.07, 6.45) is -5.25. The molecule has 5 heterocycles. The van der Waals surface area contributed by atoms with E-state index in [1.165, 1.54) is 22.4 Å². The first-order valence-corrected chi connectivity index (χ1v) is 18.5. The van der Waals surface area contributed by atoms with Crippen LogP contribution in [0.2, 0.25) is 5.02 Å². The minimum atomic E-state index is -4.76. The number of rotatable bonds is 3. The lowest BCUT2D eigenvalue weighted by Crippen LogP contribution is -2.59. The first-order valence-electron chi connectivity index (χ1n) is 16.2. The van der Waals surface area contributed by atoms with Crippen LogP contribution in [0.3, 0.4) is 0 Å². The summed E-state index contributed by atoms with van der Waals surface area (Å²) in [7, 11) is 0. The first kappa shape index (κ1) is 34.7. The molecular formula is C35H35ClF3N5O4S2. The molecule has 0 spiro atoms. The van der Waals surface area contributed by atoms with Gasteiger partial charge in [0.25, 0.3) is 5.91 Å². The maximum atomic E-state index is 15.1. The van der Waals surface area contributed by atoms with Gasteiger partial charge in [-0.3, -0.25) is 14.3 Å². The van der Waals surface area contributed by atoms with E-state index in [1.54, 1.807) is 53.0 Å². The number of thioether (sulfide) groups is 1. The van der Waals surface area contributed by atoms with Gasteiger partial charge in [-0.1, -0.05) is 29.8 Å². The van der Waals surface area contributed by atoms with Crippen molar-refractivity contribution < 1.29 is 27.5 Å². The molecule has 0 bridgehead atoms. The molecule has 0 aliphatic carbocycles. The molecule has 1 fully saturated rings. The van der Waals surface area contributed by atoms with E-state index >= 15 is 13.2 Å². The number of nitrogens with zero attached hydrogens (tertiary/aromatic N) is 5. The number of aromatic nitrogens is 2. The van der Waals surface area contributed by atoms with E-state index in [4.69, 9.17) is 16.3 Å². The monoisotopic (exact) mass is 745 g/mol. The Morgan fingerprint density at radius 2 is 1.74 bits per heavy atom. The highest BCUT2D eigenvalue weighted by atomic mass is 35.5. The Bertz CT molecular complexity index is 2080. The summed E-state index contributed by atoms with van der Waals surface area (Å²) in [5, 5.41) is 2.06. The lowest BCUT2D eigenvalue weighted by molar-refractivity contribution is -0.137. The second kappa shape index (κ2) is 12.5. The van der Waals surface area contributed by atoms with Gasteiger partial charge in [0.1, 0.15) is 11.4 Å². The van der Waals surface area contributed by atoms with Crippen molar-refractivity contribution in [3.63, 3.8) is 0 Å². The number of ether oxygens (including phenoxy) is 1. The van der Waals surface area contributed by atoms with E-state index in [-0.39, 0.29) is 53.0 Å². The van der Waals surface area contributed by atoms with Crippen LogP contribution in [0, 0.1) is 0 Å². The van der Waals surface area contributed by atoms with E-state index in [9.17, 15) is 14.4 Å². The molecule has 0 saturated carbocycles. The molecule has 2 aromatic heterocycles. The Kier molecular flexibility index (Phi) is 8.66. The van der Waals surface area contributed by atoms with Crippen LogP contribution in [0.5, 0.6) is 0 Å². The lowest BCUT2D eigenvalue weighted by atomic mass is 10.0. The van der Waals surface area contributed by atoms with Crippen LogP contribution in [-0.4, -0.2) is 73.9 Å². The molecule has 9 nitrogen and oxygen atoms in total. The van der Waals surface area contributed by atoms with Gasteiger partial charge in [-0.15, -0.1) is 23.1 Å². The zero-order valence-corrected chi connectivity index (χ0v) is 30.4. The Morgan fingerprint density at radius 3 is 2.36 bits per heavy atom. The Labute approximate surface area is 300 Å². The molecule has 7 rings (SSSR count). The number of hydrogen-bond acceptors (Lipinski definition) is 8. The normalized spacial score (nSPS) is 21.1. The third-order valence-corrected chi connectivity index (χ3v) is 11.8. The van der Waals surface area contributed by atoms with Crippen molar-refractivity contribution in [3.8, 4) is 10.4 Å². The van der Waals surface area contributed by atoms with Crippen LogP contribution in [0.4, 0.5) is 23.8 Å². The lowest BCUT2D eigenvalue weighted by Gasteiger charge is -2.45. The summed E-state index contributed by atoms with van der Waals surface area (Å²) < 4.78 is 52.5. The molecule has 3 atom stereocenters. The van der Waals surface area contributed by atoms with Gasteiger partial charge in [0, 0.05) is 63.6 Å². The third-order valence-electron chi connectivity index (χ3n) is 9.24. The SMILES string of the molecule is C[C@@H]1CN(c2nc(=O)n3c4c(c(-c5cc(Cl)cs5)c(C(F)(F)F)cc24)SC[C@@H](N2Cc4ccccc4C2=O)C3)C[C@H](C)N1C(=O)OC(C)(C)C. The Balaban J connectivity index is 1.39. The summed E-state index contributed by atoms with van der Waals surface area (Å²) in [4.78, 5) is 51.0. The van der Waals surface area contributed by atoms with Crippen molar-refractivity contribution in [2.45, 2.75) is 82.5 Å². The summed E-state index contributed by atoms with van der Waals surface area (Å²) in [6.45, 7) is 9.82. The van der Waals surface area contributed by atoms with Crippen LogP contribution in [0.25, 0.3) is 21.3 Å². The fourth-order valence-corrected chi connectivity index (χ4v) is 9.80. The van der Waals surface area contributed by atoms with E-state index in [2.05, 4.69) is 4.98 Å². The maximum Gasteiger partial charge on any atom is 0.417 e. The summed E-state index contributed by atoms with van der Waals surface area (Å²) in [5.41, 5.74) is -0.491. The predicted octanol–water partition coefficient (Wildman–Crippen LogP) is 7.76. The number of alkyl halides is 3. The highest BCUT2D eigenvalue weighted by Gasteiger charge is 2.42. The average Bonchev–Trinajstić information content (AvgIpc) is 3.53. The van der Waals surface area contributed by atoms with E-state index in [1.807, 2.05) is 26.0 Å². The van der Waals surface area contributed by atoms with E-state index in [0.717, 1.165) is 23.0 Å². The molecule has 4 aromatic rings. The molecule has 0 radical (unpaired) electrons. The average molecular weight is 746 g/mol. The number of carbonyl (C=O) groups excluding carboxylic acids is 2. The van der Waals surface area contributed by atoms with E-state index < -0.39 is 47.2 Å². The number of fused-ring (bicyclic) bond motifs is 1. The Hall–Kier alpha value is -3.75. The number of carbonyl (C=O) groups is 2. The summed E-state index contributed by atoms with van der Waals surface area (Å²) in [5.74, 6) is 0.189. The molecule has 3 aliphatic rings. The number of benzene rings is 2. The fraction of sp³-hybridized carbons (Fsp3) is 0.429. The maximum absolute atomic E-state index is 15.1. The number of halogens is 4. The highest BCUT2D eigenvalue weighted by molar-refractivity contribution is 7.99. The third kappa shape index (κ3) is 6.12. The zero-order valence-electron chi connectivity index (χ0n) is 28.0. The zero-order chi connectivity index (χ0) is 35.9. The molecule has 0 unspecified atom stereocenters. The van der Waals surface area contributed by atoms with Crippen molar-refractivity contribution in [2.75, 3.05) is 23.7 Å². The molecule has 50 heavy (non-hydrogen) atoms. The predicted molar refractivity (Wildman–Crippen MR) is 189 cm³/mol. The molecule has 15 heteroatoms. The van der Waals surface area contributed by atoms with Gasteiger partial charge < -0.3 is 14.5 Å².